The van der Waals surface area contributed by atoms with Gasteiger partial charge in [0.25, 0.3) is 0 Å². The number of rotatable bonds is 3. The van der Waals surface area contributed by atoms with E-state index in [1.165, 1.54) is 5.57 Å². The summed E-state index contributed by atoms with van der Waals surface area (Å²) < 4.78 is 0. The van der Waals surface area contributed by atoms with Crippen LogP contribution in [0.15, 0.2) is 11.1 Å². The molecule has 4 nitrogen and oxygen atoms in total. The summed E-state index contributed by atoms with van der Waals surface area (Å²) in [5.74, 6) is 0.0947. The molecule has 0 aromatic carbocycles. The highest BCUT2D eigenvalue weighted by Crippen LogP contribution is 2.27. The van der Waals surface area contributed by atoms with Crippen LogP contribution in [-0.4, -0.2) is 47.7 Å². The lowest BCUT2D eigenvalue weighted by Gasteiger charge is -2.47. The van der Waals surface area contributed by atoms with Crippen LogP contribution in [0, 0.1) is 0 Å². The molecule has 0 spiro atoms. The highest BCUT2D eigenvalue weighted by atomic mass is 16.3. The maximum Gasteiger partial charge on any atom is 0.249 e. The highest BCUT2D eigenvalue weighted by molar-refractivity contribution is 5.94. The van der Waals surface area contributed by atoms with Gasteiger partial charge in [-0.1, -0.05) is 13.3 Å². The molecule has 2 aliphatic rings. The molecule has 0 saturated carbocycles. The van der Waals surface area contributed by atoms with E-state index in [4.69, 9.17) is 0 Å². The number of carbonyl (C=O) groups excluding carboxylic acids is 1. The first-order chi connectivity index (χ1) is 7.56. The predicted octanol–water partition coefficient (Wildman–Crippen LogP) is 0.280. The number of nitrogens with one attached hydrogen (secondary N) is 1. The van der Waals surface area contributed by atoms with Crippen molar-refractivity contribution in [1.29, 1.82) is 0 Å². The molecule has 0 unspecified atom stereocenters. The minimum Gasteiger partial charge on any atom is -0.386 e. The van der Waals surface area contributed by atoms with E-state index >= 15 is 0 Å². The van der Waals surface area contributed by atoms with Crippen molar-refractivity contribution >= 4 is 5.91 Å². The van der Waals surface area contributed by atoms with Gasteiger partial charge in [0.2, 0.25) is 5.91 Å². The molecule has 16 heavy (non-hydrogen) atoms. The van der Waals surface area contributed by atoms with E-state index in [1.807, 2.05) is 6.92 Å². The van der Waals surface area contributed by atoms with E-state index in [2.05, 4.69) is 12.2 Å². The number of nitrogens with zero attached hydrogens (tertiary/aromatic N) is 1. The minimum absolute atomic E-state index is 0.0947. The van der Waals surface area contributed by atoms with E-state index in [-0.39, 0.29) is 5.91 Å². The monoisotopic (exact) mass is 224 g/mol. The van der Waals surface area contributed by atoms with Gasteiger partial charge in [0.1, 0.15) is 0 Å². The molecular weight excluding hydrogens is 204 g/mol. The summed E-state index contributed by atoms with van der Waals surface area (Å²) >= 11 is 0. The number of likely N-dealkylation sites (tertiary alicyclic amines) is 1. The highest BCUT2D eigenvalue weighted by Gasteiger charge is 2.43. The zero-order valence-electron chi connectivity index (χ0n) is 10.0. The van der Waals surface area contributed by atoms with Gasteiger partial charge in [-0.25, -0.2) is 0 Å². The number of hydrogen-bond acceptors (Lipinski definition) is 3. The third-order valence-electron chi connectivity index (χ3n) is 3.50. The number of β-amino-alcohol motifs (C(OH)–C–C–N with tert-alkyl or cyclic N) is 1. The van der Waals surface area contributed by atoms with Crippen LogP contribution in [0.25, 0.3) is 0 Å². The van der Waals surface area contributed by atoms with Gasteiger partial charge in [0, 0.05) is 18.7 Å². The predicted molar refractivity (Wildman–Crippen MR) is 62.0 cm³/mol. The Balaban J connectivity index is 1.90. The van der Waals surface area contributed by atoms with Crippen LogP contribution in [0.4, 0.5) is 0 Å². The van der Waals surface area contributed by atoms with Gasteiger partial charge in [0.15, 0.2) is 0 Å². The summed E-state index contributed by atoms with van der Waals surface area (Å²) in [5.41, 5.74) is 1.45. The van der Waals surface area contributed by atoms with Crippen LogP contribution in [0.3, 0.4) is 0 Å². The van der Waals surface area contributed by atoms with Gasteiger partial charge in [-0.05, 0) is 18.9 Å². The van der Waals surface area contributed by atoms with Crippen molar-refractivity contribution in [3.8, 4) is 0 Å². The Hall–Kier alpha value is -0.870. The maximum atomic E-state index is 12.0. The summed E-state index contributed by atoms with van der Waals surface area (Å²) in [6, 6.07) is 0. The lowest BCUT2D eigenvalue weighted by atomic mass is 9.88. The third-order valence-corrected chi connectivity index (χ3v) is 3.50. The average molecular weight is 224 g/mol. The molecule has 2 aliphatic heterocycles. The summed E-state index contributed by atoms with van der Waals surface area (Å²) in [5, 5.41) is 13.1. The number of hydrogen-bond donors (Lipinski definition) is 2. The zero-order chi connectivity index (χ0) is 11.8. The summed E-state index contributed by atoms with van der Waals surface area (Å²) in [6.07, 6.45) is 1.75. The molecule has 0 bridgehead atoms. The molecule has 2 rings (SSSR count). The van der Waals surface area contributed by atoms with Crippen molar-refractivity contribution in [2.24, 2.45) is 0 Å². The molecule has 2 heterocycles. The molecule has 2 fully saturated rings. The molecule has 0 aliphatic carbocycles. The molecular formula is C12H20N2O2. The lowest BCUT2D eigenvalue weighted by Crippen LogP contribution is -2.63. The largest absolute Gasteiger partial charge is 0.386 e. The Labute approximate surface area is 96.3 Å². The zero-order valence-corrected chi connectivity index (χ0v) is 10.0. The van der Waals surface area contributed by atoms with Crippen LogP contribution in [0.5, 0.6) is 0 Å². The number of aliphatic hydroxyl groups is 1. The summed E-state index contributed by atoms with van der Waals surface area (Å²) in [6.45, 7) is 6.61. The second kappa shape index (κ2) is 4.18. The van der Waals surface area contributed by atoms with Crippen molar-refractivity contribution in [3.63, 3.8) is 0 Å². The van der Waals surface area contributed by atoms with E-state index in [1.54, 1.807) is 4.90 Å². The molecule has 4 heteroatoms. The van der Waals surface area contributed by atoms with Crippen LogP contribution >= 0.6 is 0 Å². The van der Waals surface area contributed by atoms with E-state index in [0.717, 1.165) is 31.5 Å². The quantitative estimate of drug-likeness (QED) is 0.677. The fourth-order valence-corrected chi connectivity index (χ4v) is 2.33. The maximum absolute atomic E-state index is 12.0. The topological polar surface area (TPSA) is 52.6 Å². The molecule has 0 radical (unpaired) electrons. The molecule has 0 aromatic heterocycles. The molecule has 0 aromatic rings. The fraction of sp³-hybridized carbons (Fsp3) is 0.750. The molecule has 1 amide bonds. The van der Waals surface area contributed by atoms with Crippen molar-refractivity contribution in [3.05, 3.63) is 11.1 Å². The lowest BCUT2D eigenvalue weighted by molar-refractivity contribution is -0.152. The van der Waals surface area contributed by atoms with Gasteiger partial charge < -0.3 is 15.3 Å². The van der Waals surface area contributed by atoms with Gasteiger partial charge in [0.05, 0.1) is 18.7 Å². The van der Waals surface area contributed by atoms with Crippen LogP contribution in [0.1, 0.15) is 26.7 Å². The van der Waals surface area contributed by atoms with Crippen LogP contribution < -0.4 is 5.32 Å². The minimum atomic E-state index is -0.618. The van der Waals surface area contributed by atoms with E-state index in [9.17, 15) is 9.90 Å². The SMILES string of the molecule is CCCC1(O)CN(C(=O)C(C)=C2CNC2)C1. The Morgan fingerprint density at radius 3 is 2.56 bits per heavy atom. The molecule has 2 saturated heterocycles. The van der Waals surface area contributed by atoms with Crippen molar-refractivity contribution in [2.45, 2.75) is 32.3 Å². The van der Waals surface area contributed by atoms with Gasteiger partial charge >= 0.3 is 0 Å². The first-order valence-corrected chi connectivity index (χ1v) is 5.97. The second-order valence-electron chi connectivity index (χ2n) is 4.97. The Kier molecular flexibility index (Phi) is 3.04. The second-order valence-corrected chi connectivity index (χ2v) is 4.97. The number of carbonyl (C=O) groups is 1. The third kappa shape index (κ3) is 1.99. The smallest absolute Gasteiger partial charge is 0.249 e. The van der Waals surface area contributed by atoms with Gasteiger partial charge in [-0.15, -0.1) is 0 Å². The van der Waals surface area contributed by atoms with Crippen LogP contribution in [-0.2, 0) is 4.79 Å². The standard InChI is InChI=1S/C12H20N2O2/c1-3-4-12(16)7-14(8-12)11(15)9(2)10-5-13-6-10/h13,16H,3-8H2,1-2H3. The Morgan fingerprint density at radius 2 is 2.12 bits per heavy atom. The summed E-state index contributed by atoms with van der Waals surface area (Å²) in [4.78, 5) is 13.7. The fourth-order valence-electron chi connectivity index (χ4n) is 2.33. The van der Waals surface area contributed by atoms with Crippen molar-refractivity contribution in [1.82, 2.24) is 10.2 Å². The average Bonchev–Trinajstić information content (AvgIpc) is 2.10. The van der Waals surface area contributed by atoms with E-state index < -0.39 is 5.60 Å². The van der Waals surface area contributed by atoms with Crippen molar-refractivity contribution in [2.75, 3.05) is 26.2 Å². The number of amides is 1. The Morgan fingerprint density at radius 1 is 1.50 bits per heavy atom. The normalized spacial score (nSPS) is 22.4. The molecule has 2 N–H and O–H groups in total. The van der Waals surface area contributed by atoms with E-state index in [0.29, 0.717) is 13.1 Å². The molecule has 90 valence electrons. The molecule has 0 atom stereocenters. The van der Waals surface area contributed by atoms with Gasteiger partial charge in [-0.2, -0.15) is 0 Å². The first-order valence-electron chi connectivity index (χ1n) is 5.97. The Bertz CT molecular complexity index is 324. The van der Waals surface area contributed by atoms with Crippen molar-refractivity contribution < 1.29 is 9.90 Å². The summed E-state index contributed by atoms with van der Waals surface area (Å²) in [7, 11) is 0. The van der Waals surface area contributed by atoms with Gasteiger partial charge in [-0.3, -0.25) is 4.79 Å². The van der Waals surface area contributed by atoms with Crippen LogP contribution in [0.2, 0.25) is 0 Å². The first kappa shape index (κ1) is 11.6.